The zero-order valence-electron chi connectivity index (χ0n) is 15.0. The standard InChI is InChI=1S/C20H16ClN7/c1-14-17(19(21)28(27-14)16-10-6-3-7-11-16)12-22-25-20-24-18(13-23-26-20)15-8-4-2-5-9-15/h2-13H,1H3,(H,24,25,26)/b22-12+. The van der Waals surface area contributed by atoms with Crippen molar-refractivity contribution in [2.24, 2.45) is 5.10 Å². The highest BCUT2D eigenvalue weighted by molar-refractivity contribution is 6.32. The van der Waals surface area contributed by atoms with E-state index in [2.05, 4.69) is 30.8 Å². The minimum absolute atomic E-state index is 0.293. The first-order valence-electron chi connectivity index (χ1n) is 8.57. The van der Waals surface area contributed by atoms with E-state index in [-0.39, 0.29) is 0 Å². The van der Waals surface area contributed by atoms with Gasteiger partial charge in [0, 0.05) is 5.56 Å². The lowest BCUT2D eigenvalue weighted by Crippen LogP contribution is -2.00. The number of hydrogen-bond acceptors (Lipinski definition) is 6. The molecule has 0 unspecified atom stereocenters. The van der Waals surface area contributed by atoms with Crippen molar-refractivity contribution in [2.75, 3.05) is 5.43 Å². The number of hydrogen-bond donors (Lipinski definition) is 1. The lowest BCUT2D eigenvalue weighted by atomic mass is 10.2. The number of hydrazone groups is 1. The molecule has 1 N–H and O–H groups in total. The Hall–Kier alpha value is -3.58. The van der Waals surface area contributed by atoms with Gasteiger partial charge in [0.2, 0.25) is 0 Å². The van der Waals surface area contributed by atoms with Gasteiger partial charge in [0.15, 0.2) is 0 Å². The Balaban J connectivity index is 1.54. The molecule has 0 aliphatic carbocycles. The SMILES string of the molecule is Cc1nn(-c2ccccc2)c(Cl)c1/C=N/Nc1nncc(-c2ccccc2)n1. The van der Waals surface area contributed by atoms with Gasteiger partial charge in [0.05, 0.1) is 35.1 Å². The van der Waals surface area contributed by atoms with E-state index < -0.39 is 0 Å². The molecular formula is C20H16ClN7. The zero-order valence-corrected chi connectivity index (χ0v) is 15.7. The van der Waals surface area contributed by atoms with E-state index in [0.717, 1.165) is 16.9 Å². The normalized spacial score (nSPS) is 11.1. The molecule has 0 radical (unpaired) electrons. The molecule has 2 heterocycles. The first kappa shape index (κ1) is 17.8. The lowest BCUT2D eigenvalue weighted by molar-refractivity contribution is 0.863. The number of nitrogens with one attached hydrogen (secondary N) is 1. The number of aromatic nitrogens is 5. The van der Waals surface area contributed by atoms with Crippen molar-refractivity contribution < 1.29 is 0 Å². The molecule has 4 rings (SSSR count). The molecule has 138 valence electrons. The maximum absolute atomic E-state index is 6.49. The van der Waals surface area contributed by atoms with Crippen LogP contribution in [0.2, 0.25) is 5.15 Å². The summed E-state index contributed by atoms with van der Waals surface area (Å²) in [5.74, 6) is 0.293. The summed E-state index contributed by atoms with van der Waals surface area (Å²) in [4.78, 5) is 4.42. The van der Waals surface area contributed by atoms with Crippen LogP contribution in [0.1, 0.15) is 11.3 Å². The Morgan fingerprint density at radius 1 is 1.04 bits per heavy atom. The fourth-order valence-electron chi connectivity index (χ4n) is 2.65. The van der Waals surface area contributed by atoms with E-state index in [1.165, 1.54) is 0 Å². The Kier molecular flexibility index (Phi) is 5.07. The van der Waals surface area contributed by atoms with Gasteiger partial charge in [-0.05, 0) is 19.1 Å². The highest BCUT2D eigenvalue weighted by Gasteiger charge is 2.13. The van der Waals surface area contributed by atoms with Crippen molar-refractivity contribution in [3.8, 4) is 16.9 Å². The predicted molar refractivity (Wildman–Crippen MR) is 110 cm³/mol. The number of benzene rings is 2. The fraction of sp³-hybridized carbons (Fsp3) is 0.0500. The smallest absolute Gasteiger partial charge is 0.244 e. The molecule has 2 aromatic carbocycles. The Morgan fingerprint density at radius 3 is 2.50 bits per heavy atom. The maximum atomic E-state index is 6.49. The molecule has 2 aromatic heterocycles. The van der Waals surface area contributed by atoms with Crippen molar-refractivity contribution in [3.63, 3.8) is 0 Å². The van der Waals surface area contributed by atoms with Crippen LogP contribution in [-0.4, -0.2) is 31.2 Å². The largest absolute Gasteiger partial charge is 0.263 e. The van der Waals surface area contributed by atoms with Gasteiger partial charge in [-0.2, -0.15) is 15.3 Å². The first-order chi connectivity index (χ1) is 13.7. The second-order valence-corrected chi connectivity index (χ2v) is 6.30. The van der Waals surface area contributed by atoms with Gasteiger partial charge in [-0.3, -0.25) is 0 Å². The van der Waals surface area contributed by atoms with Crippen LogP contribution < -0.4 is 5.43 Å². The highest BCUT2D eigenvalue weighted by atomic mass is 35.5. The Labute approximate surface area is 166 Å². The van der Waals surface area contributed by atoms with Crippen molar-refractivity contribution >= 4 is 23.8 Å². The summed E-state index contributed by atoms with van der Waals surface area (Å²) in [5.41, 5.74) is 6.81. The summed E-state index contributed by atoms with van der Waals surface area (Å²) < 4.78 is 1.67. The van der Waals surface area contributed by atoms with Gasteiger partial charge in [0.1, 0.15) is 5.15 Å². The second kappa shape index (κ2) is 7.98. The molecule has 8 heteroatoms. The zero-order chi connectivity index (χ0) is 19.3. The van der Waals surface area contributed by atoms with Crippen LogP contribution in [0.3, 0.4) is 0 Å². The highest BCUT2D eigenvalue weighted by Crippen LogP contribution is 2.22. The van der Waals surface area contributed by atoms with Crippen LogP contribution >= 0.6 is 11.6 Å². The second-order valence-electron chi connectivity index (χ2n) is 5.94. The van der Waals surface area contributed by atoms with Gasteiger partial charge >= 0.3 is 0 Å². The van der Waals surface area contributed by atoms with Gasteiger partial charge in [-0.1, -0.05) is 60.1 Å². The molecule has 0 amide bonds. The summed E-state index contributed by atoms with van der Waals surface area (Å²) in [6, 6.07) is 19.4. The van der Waals surface area contributed by atoms with E-state index in [1.54, 1.807) is 17.1 Å². The van der Waals surface area contributed by atoms with Crippen molar-refractivity contribution in [1.29, 1.82) is 0 Å². The molecule has 7 nitrogen and oxygen atoms in total. The van der Waals surface area contributed by atoms with E-state index in [4.69, 9.17) is 11.6 Å². The van der Waals surface area contributed by atoms with Crippen LogP contribution in [0.15, 0.2) is 72.0 Å². The third-order valence-electron chi connectivity index (χ3n) is 4.04. The topological polar surface area (TPSA) is 80.9 Å². The molecule has 28 heavy (non-hydrogen) atoms. The van der Waals surface area contributed by atoms with Crippen LogP contribution in [-0.2, 0) is 0 Å². The molecular weight excluding hydrogens is 374 g/mol. The van der Waals surface area contributed by atoms with Gasteiger partial charge in [-0.15, -0.1) is 5.10 Å². The minimum atomic E-state index is 0.293. The number of nitrogens with zero attached hydrogens (tertiary/aromatic N) is 6. The molecule has 4 aromatic rings. The molecule has 0 aliphatic rings. The first-order valence-corrected chi connectivity index (χ1v) is 8.95. The van der Waals surface area contributed by atoms with Gasteiger partial charge < -0.3 is 0 Å². The third-order valence-corrected chi connectivity index (χ3v) is 4.40. The number of para-hydroxylation sites is 1. The summed E-state index contributed by atoms with van der Waals surface area (Å²) >= 11 is 6.49. The number of rotatable bonds is 5. The molecule has 0 fully saturated rings. The van der Waals surface area contributed by atoms with Crippen LogP contribution in [0.5, 0.6) is 0 Å². The predicted octanol–water partition coefficient (Wildman–Crippen LogP) is 4.13. The Morgan fingerprint density at radius 2 is 1.75 bits per heavy atom. The quantitative estimate of drug-likeness (QED) is 0.410. The summed E-state index contributed by atoms with van der Waals surface area (Å²) in [7, 11) is 0. The third kappa shape index (κ3) is 3.74. The van der Waals surface area contributed by atoms with E-state index in [1.807, 2.05) is 67.6 Å². The van der Waals surface area contributed by atoms with Gasteiger partial charge in [0.25, 0.3) is 5.95 Å². The molecule has 0 atom stereocenters. The van der Waals surface area contributed by atoms with E-state index >= 15 is 0 Å². The van der Waals surface area contributed by atoms with Crippen molar-refractivity contribution in [2.45, 2.75) is 6.92 Å². The minimum Gasteiger partial charge on any atom is -0.244 e. The molecule has 0 saturated heterocycles. The molecule has 0 spiro atoms. The number of halogens is 1. The monoisotopic (exact) mass is 389 g/mol. The van der Waals surface area contributed by atoms with E-state index in [9.17, 15) is 0 Å². The van der Waals surface area contributed by atoms with Crippen molar-refractivity contribution in [1.82, 2.24) is 25.0 Å². The summed E-state index contributed by atoms with van der Waals surface area (Å²) in [6.45, 7) is 1.88. The molecule has 0 bridgehead atoms. The van der Waals surface area contributed by atoms with Crippen LogP contribution in [0.25, 0.3) is 16.9 Å². The average molecular weight is 390 g/mol. The average Bonchev–Trinajstić information content (AvgIpc) is 3.03. The van der Waals surface area contributed by atoms with Crippen molar-refractivity contribution in [3.05, 3.63) is 83.3 Å². The number of aryl methyl sites for hydroxylation is 1. The molecule has 0 aliphatic heterocycles. The van der Waals surface area contributed by atoms with Crippen LogP contribution in [0, 0.1) is 6.92 Å². The Bertz CT molecular complexity index is 1110. The summed E-state index contributed by atoms with van der Waals surface area (Å²) in [5, 5.41) is 17.1. The van der Waals surface area contributed by atoms with Gasteiger partial charge in [-0.25, -0.2) is 15.1 Å². The van der Waals surface area contributed by atoms with Crippen LogP contribution in [0.4, 0.5) is 5.95 Å². The van der Waals surface area contributed by atoms with E-state index in [0.29, 0.717) is 22.4 Å². The number of anilines is 1. The molecule has 0 saturated carbocycles. The maximum Gasteiger partial charge on any atom is 0.263 e. The fourth-order valence-corrected chi connectivity index (χ4v) is 2.97. The lowest BCUT2D eigenvalue weighted by Gasteiger charge is -2.02. The summed E-state index contributed by atoms with van der Waals surface area (Å²) in [6.07, 6.45) is 3.21.